The highest BCUT2D eigenvalue weighted by atomic mass is 35.5. The van der Waals surface area contributed by atoms with E-state index in [9.17, 15) is 4.79 Å². The van der Waals surface area contributed by atoms with Crippen molar-refractivity contribution < 1.29 is 4.79 Å². The molecule has 2 rings (SSSR count). The topological polar surface area (TPSA) is 60.9 Å². The molecular formula is C14H18ClN3O. The lowest BCUT2D eigenvalue weighted by Crippen LogP contribution is -2.12. The number of aromatic nitrogens is 2. The summed E-state index contributed by atoms with van der Waals surface area (Å²) in [6.45, 7) is 4.65. The van der Waals surface area contributed by atoms with Crippen molar-refractivity contribution in [2.24, 2.45) is 5.73 Å². The Morgan fingerprint density at radius 2 is 2.26 bits per heavy atom. The first-order chi connectivity index (χ1) is 8.99. The normalized spacial score (nSPS) is 12.8. The van der Waals surface area contributed by atoms with E-state index in [1.54, 1.807) is 0 Å². The Bertz CT molecular complexity index is 604. The lowest BCUT2D eigenvalue weighted by Gasteiger charge is -2.10. The van der Waals surface area contributed by atoms with Crippen molar-refractivity contribution in [2.45, 2.75) is 38.6 Å². The fraction of sp³-hybridized carbons (Fsp3) is 0.429. The average Bonchev–Trinajstić information content (AvgIpc) is 2.67. The van der Waals surface area contributed by atoms with E-state index in [-0.39, 0.29) is 11.3 Å². The molecule has 0 fully saturated rings. The van der Waals surface area contributed by atoms with Gasteiger partial charge in [-0.3, -0.25) is 4.79 Å². The molecule has 5 heteroatoms. The summed E-state index contributed by atoms with van der Waals surface area (Å²) in [5.74, 6) is 0.563. The maximum Gasteiger partial charge on any atom is 0.217 e. The minimum atomic E-state index is -0.277. The van der Waals surface area contributed by atoms with Crippen LogP contribution in [0, 0.1) is 6.92 Å². The number of fused-ring (bicyclic) bond motifs is 1. The number of benzene rings is 1. The predicted molar refractivity (Wildman–Crippen MR) is 77.2 cm³/mol. The minimum absolute atomic E-state index is 0.165. The molecule has 0 aliphatic rings. The van der Waals surface area contributed by atoms with Gasteiger partial charge >= 0.3 is 0 Å². The fourth-order valence-electron chi connectivity index (χ4n) is 2.20. The van der Waals surface area contributed by atoms with Crippen molar-refractivity contribution in [1.82, 2.24) is 9.55 Å². The third-order valence-corrected chi connectivity index (χ3v) is 3.29. The summed E-state index contributed by atoms with van der Waals surface area (Å²) in [6.07, 6.45) is 1.08. The van der Waals surface area contributed by atoms with Crippen LogP contribution in [-0.4, -0.2) is 15.5 Å². The van der Waals surface area contributed by atoms with Gasteiger partial charge in [-0.15, -0.1) is 11.6 Å². The van der Waals surface area contributed by atoms with Crippen molar-refractivity contribution in [3.8, 4) is 0 Å². The smallest absolute Gasteiger partial charge is 0.217 e. The maximum atomic E-state index is 10.8. The van der Waals surface area contributed by atoms with Gasteiger partial charge in [-0.25, -0.2) is 4.98 Å². The summed E-state index contributed by atoms with van der Waals surface area (Å²) < 4.78 is 2.09. The number of nitrogens with zero attached hydrogens (tertiary/aromatic N) is 2. The summed E-state index contributed by atoms with van der Waals surface area (Å²) in [4.78, 5) is 15.4. The predicted octanol–water partition coefficient (Wildman–Crippen LogP) is 2.91. The van der Waals surface area contributed by atoms with Gasteiger partial charge in [-0.1, -0.05) is 6.07 Å². The van der Waals surface area contributed by atoms with E-state index >= 15 is 0 Å². The second kappa shape index (κ2) is 5.61. The number of carbonyl (C=O) groups excluding carboxylic acids is 1. The Labute approximate surface area is 117 Å². The van der Waals surface area contributed by atoms with Crippen molar-refractivity contribution in [2.75, 3.05) is 0 Å². The van der Waals surface area contributed by atoms with E-state index in [1.807, 2.05) is 26.0 Å². The van der Waals surface area contributed by atoms with E-state index in [4.69, 9.17) is 17.3 Å². The molecule has 1 amide bonds. The number of amides is 1. The summed E-state index contributed by atoms with van der Waals surface area (Å²) in [5, 5.41) is -0.165. The average molecular weight is 280 g/mol. The number of aryl methyl sites for hydroxylation is 2. The number of halogens is 1. The summed E-state index contributed by atoms with van der Waals surface area (Å²) in [5.41, 5.74) is 8.35. The Hall–Kier alpha value is -1.55. The number of carbonyl (C=O) groups is 1. The van der Waals surface area contributed by atoms with Crippen LogP contribution in [-0.2, 0) is 11.3 Å². The van der Waals surface area contributed by atoms with Crippen LogP contribution < -0.4 is 5.73 Å². The van der Waals surface area contributed by atoms with E-state index < -0.39 is 0 Å². The van der Waals surface area contributed by atoms with Gasteiger partial charge in [0.15, 0.2) is 0 Å². The second-order valence-corrected chi connectivity index (χ2v) is 5.45. The molecule has 1 aromatic heterocycles. The van der Waals surface area contributed by atoms with Gasteiger partial charge in [0.05, 0.1) is 16.4 Å². The van der Waals surface area contributed by atoms with Crippen LogP contribution in [0.5, 0.6) is 0 Å². The van der Waals surface area contributed by atoms with Gasteiger partial charge in [0.2, 0.25) is 5.91 Å². The molecule has 102 valence electrons. The van der Waals surface area contributed by atoms with Crippen LogP contribution in [0.3, 0.4) is 0 Å². The number of alkyl halides is 1. The highest BCUT2D eigenvalue weighted by Crippen LogP contribution is 2.25. The van der Waals surface area contributed by atoms with Crippen molar-refractivity contribution >= 4 is 28.5 Å². The number of primary amides is 1. The quantitative estimate of drug-likeness (QED) is 0.856. The molecule has 0 saturated heterocycles. The van der Waals surface area contributed by atoms with Crippen molar-refractivity contribution in [3.63, 3.8) is 0 Å². The van der Waals surface area contributed by atoms with Gasteiger partial charge in [-0.05, 0) is 38.0 Å². The molecule has 2 aromatic rings. The number of hydrogen-bond donors (Lipinski definition) is 1. The molecule has 1 heterocycles. The first-order valence-corrected chi connectivity index (χ1v) is 6.82. The summed E-state index contributed by atoms with van der Waals surface area (Å²) in [7, 11) is 0. The van der Waals surface area contributed by atoms with Crippen LogP contribution in [0.1, 0.15) is 36.5 Å². The fourth-order valence-corrected chi connectivity index (χ4v) is 2.37. The van der Waals surface area contributed by atoms with Gasteiger partial charge in [0, 0.05) is 13.0 Å². The Balaban J connectivity index is 2.39. The number of hydrogen-bond acceptors (Lipinski definition) is 2. The van der Waals surface area contributed by atoms with Crippen molar-refractivity contribution in [3.05, 3.63) is 29.6 Å². The standard InChI is InChI=1S/C14H18ClN3O/c1-9-5-6-11-12(8-9)18(7-3-4-13(16)19)14(17-11)10(2)15/h5-6,8,10H,3-4,7H2,1-2H3,(H2,16,19). The molecule has 19 heavy (non-hydrogen) atoms. The Morgan fingerprint density at radius 3 is 2.89 bits per heavy atom. The third kappa shape index (κ3) is 3.07. The molecule has 1 unspecified atom stereocenters. The van der Waals surface area contributed by atoms with E-state index in [0.29, 0.717) is 19.4 Å². The largest absolute Gasteiger partial charge is 0.370 e. The first kappa shape index (κ1) is 13.9. The van der Waals surface area contributed by atoms with Crippen LogP contribution in [0.4, 0.5) is 0 Å². The molecule has 0 aliphatic heterocycles. The lowest BCUT2D eigenvalue weighted by atomic mass is 10.2. The van der Waals surface area contributed by atoms with Crippen LogP contribution in [0.2, 0.25) is 0 Å². The van der Waals surface area contributed by atoms with E-state index in [1.165, 1.54) is 5.56 Å². The molecule has 2 N–H and O–H groups in total. The highest BCUT2D eigenvalue weighted by molar-refractivity contribution is 6.20. The van der Waals surface area contributed by atoms with Crippen LogP contribution >= 0.6 is 11.6 Å². The zero-order valence-corrected chi connectivity index (χ0v) is 11.9. The second-order valence-electron chi connectivity index (χ2n) is 4.80. The van der Waals surface area contributed by atoms with Gasteiger partial charge in [0.25, 0.3) is 0 Å². The Morgan fingerprint density at radius 1 is 1.53 bits per heavy atom. The lowest BCUT2D eigenvalue weighted by molar-refractivity contribution is -0.118. The molecule has 1 atom stereocenters. The zero-order valence-electron chi connectivity index (χ0n) is 11.2. The SMILES string of the molecule is Cc1ccc2nc(C(C)Cl)n(CCCC(N)=O)c2c1. The van der Waals surface area contributed by atoms with E-state index in [2.05, 4.69) is 15.6 Å². The number of nitrogens with two attached hydrogens (primary N) is 1. The first-order valence-electron chi connectivity index (χ1n) is 6.38. The van der Waals surface area contributed by atoms with Gasteiger partial charge in [0.1, 0.15) is 5.82 Å². The molecular weight excluding hydrogens is 262 g/mol. The summed E-state index contributed by atoms with van der Waals surface area (Å²) in [6, 6.07) is 6.12. The summed E-state index contributed by atoms with van der Waals surface area (Å²) >= 11 is 6.19. The number of imidazole rings is 1. The van der Waals surface area contributed by atoms with Crippen LogP contribution in [0.25, 0.3) is 11.0 Å². The van der Waals surface area contributed by atoms with Gasteiger partial charge < -0.3 is 10.3 Å². The van der Waals surface area contributed by atoms with E-state index in [0.717, 1.165) is 16.9 Å². The van der Waals surface area contributed by atoms with Gasteiger partial charge in [-0.2, -0.15) is 0 Å². The third-order valence-electron chi connectivity index (χ3n) is 3.09. The Kier molecular flexibility index (Phi) is 4.10. The van der Waals surface area contributed by atoms with Crippen molar-refractivity contribution in [1.29, 1.82) is 0 Å². The molecule has 1 aromatic carbocycles. The molecule has 0 bridgehead atoms. The highest BCUT2D eigenvalue weighted by Gasteiger charge is 2.14. The minimum Gasteiger partial charge on any atom is -0.370 e. The molecule has 0 saturated carbocycles. The molecule has 0 spiro atoms. The molecule has 0 aliphatic carbocycles. The number of rotatable bonds is 5. The zero-order chi connectivity index (χ0) is 14.0. The molecule has 4 nitrogen and oxygen atoms in total. The maximum absolute atomic E-state index is 10.8. The van der Waals surface area contributed by atoms with Crippen LogP contribution in [0.15, 0.2) is 18.2 Å². The molecule has 0 radical (unpaired) electrons. The monoisotopic (exact) mass is 279 g/mol.